The van der Waals surface area contributed by atoms with E-state index in [0.29, 0.717) is 36.4 Å². The van der Waals surface area contributed by atoms with Crippen LogP contribution >= 0.6 is 0 Å². The molecule has 0 aromatic carbocycles. The van der Waals surface area contributed by atoms with E-state index in [0.717, 1.165) is 0 Å². The first kappa shape index (κ1) is 14.9. The van der Waals surface area contributed by atoms with Gasteiger partial charge in [0.1, 0.15) is 0 Å². The molecule has 1 N–H and O–H groups in total. The summed E-state index contributed by atoms with van der Waals surface area (Å²) in [5, 5.41) is 3.76. The lowest BCUT2D eigenvalue weighted by atomic mass is 9.92. The van der Waals surface area contributed by atoms with Gasteiger partial charge in [-0.3, -0.25) is 15.1 Å². The second kappa shape index (κ2) is 5.68. The lowest BCUT2D eigenvalue weighted by Crippen LogP contribution is -2.67. The highest BCUT2D eigenvalue weighted by Crippen LogP contribution is 2.26. The van der Waals surface area contributed by atoms with Crippen molar-refractivity contribution in [1.29, 1.82) is 0 Å². The summed E-state index contributed by atoms with van der Waals surface area (Å²) in [4.78, 5) is 5.03. The van der Waals surface area contributed by atoms with Gasteiger partial charge < -0.3 is 0 Å². The third kappa shape index (κ3) is 3.01. The van der Waals surface area contributed by atoms with Crippen LogP contribution in [0.25, 0.3) is 0 Å². The molecule has 3 nitrogen and oxygen atoms in total. The minimum atomic E-state index is 0.450. The van der Waals surface area contributed by atoms with Gasteiger partial charge in [-0.15, -0.1) is 0 Å². The fraction of sp³-hybridized carbons (Fsp3) is 1.00. The van der Waals surface area contributed by atoms with Crippen molar-refractivity contribution >= 4 is 0 Å². The Morgan fingerprint density at radius 2 is 1.47 bits per heavy atom. The van der Waals surface area contributed by atoms with Crippen molar-refractivity contribution in [3.63, 3.8) is 0 Å². The standard InChI is InChI=1S/C14H31N3/c1-9(2)17(10(3)4)14-11(5)12(6)16(8)13(7)15-14/h9-15H,1-8H3. The Morgan fingerprint density at radius 1 is 1.00 bits per heavy atom. The van der Waals surface area contributed by atoms with Gasteiger partial charge in [0.2, 0.25) is 0 Å². The molecule has 0 saturated carbocycles. The van der Waals surface area contributed by atoms with Crippen LogP contribution < -0.4 is 5.32 Å². The maximum Gasteiger partial charge on any atom is 0.0654 e. The first-order chi connectivity index (χ1) is 7.77. The van der Waals surface area contributed by atoms with Crippen LogP contribution in [-0.4, -0.2) is 47.3 Å². The normalized spacial score (nSPS) is 36.2. The maximum absolute atomic E-state index is 3.76. The summed E-state index contributed by atoms with van der Waals surface area (Å²) >= 11 is 0. The molecule has 17 heavy (non-hydrogen) atoms. The Bertz CT molecular complexity index is 232. The van der Waals surface area contributed by atoms with E-state index in [2.05, 4.69) is 70.6 Å². The number of rotatable bonds is 3. The molecule has 0 aromatic rings. The van der Waals surface area contributed by atoms with E-state index in [4.69, 9.17) is 0 Å². The van der Waals surface area contributed by atoms with Crippen molar-refractivity contribution in [2.24, 2.45) is 5.92 Å². The molecular weight excluding hydrogens is 210 g/mol. The molecule has 0 spiro atoms. The van der Waals surface area contributed by atoms with Crippen LogP contribution in [0, 0.1) is 5.92 Å². The zero-order valence-corrected chi connectivity index (χ0v) is 12.9. The molecule has 0 bridgehead atoms. The SMILES string of the molecule is CC1C(C)N(C)C(C)NC1N(C(C)C)C(C)C. The van der Waals surface area contributed by atoms with Crippen molar-refractivity contribution < 1.29 is 0 Å². The molecule has 0 radical (unpaired) electrons. The monoisotopic (exact) mass is 241 g/mol. The predicted octanol–water partition coefficient (Wildman–Crippen LogP) is 2.34. The molecule has 1 saturated heterocycles. The van der Waals surface area contributed by atoms with Gasteiger partial charge in [-0.1, -0.05) is 6.92 Å². The molecule has 1 aliphatic rings. The van der Waals surface area contributed by atoms with Gasteiger partial charge in [0.05, 0.1) is 12.3 Å². The molecule has 1 aliphatic heterocycles. The summed E-state index contributed by atoms with van der Waals surface area (Å²) in [5.74, 6) is 0.640. The smallest absolute Gasteiger partial charge is 0.0654 e. The highest BCUT2D eigenvalue weighted by Gasteiger charge is 2.38. The van der Waals surface area contributed by atoms with Crippen LogP contribution in [0.1, 0.15) is 48.5 Å². The predicted molar refractivity (Wildman–Crippen MR) is 74.9 cm³/mol. The van der Waals surface area contributed by atoms with E-state index in [1.165, 1.54) is 0 Å². The topological polar surface area (TPSA) is 18.5 Å². The summed E-state index contributed by atoms with van der Waals surface area (Å²) in [5.41, 5.74) is 0. The summed E-state index contributed by atoms with van der Waals surface area (Å²) in [6, 6.07) is 1.78. The average Bonchev–Trinajstić information content (AvgIpc) is 2.21. The van der Waals surface area contributed by atoms with Crippen LogP contribution in [0.3, 0.4) is 0 Å². The van der Waals surface area contributed by atoms with E-state index >= 15 is 0 Å². The van der Waals surface area contributed by atoms with Crippen molar-refractivity contribution in [2.45, 2.75) is 78.9 Å². The first-order valence-electron chi connectivity index (χ1n) is 7.02. The molecule has 1 fully saturated rings. The second-order valence-corrected chi connectivity index (χ2v) is 6.19. The summed E-state index contributed by atoms with van der Waals surface area (Å²) in [6.07, 6.45) is 0.933. The van der Waals surface area contributed by atoms with Gasteiger partial charge in [-0.2, -0.15) is 0 Å². The third-order valence-electron chi connectivity index (χ3n) is 4.44. The second-order valence-electron chi connectivity index (χ2n) is 6.19. The van der Waals surface area contributed by atoms with Crippen LogP contribution in [-0.2, 0) is 0 Å². The number of nitrogens with one attached hydrogen (secondary N) is 1. The molecule has 4 unspecified atom stereocenters. The highest BCUT2D eigenvalue weighted by molar-refractivity contribution is 4.91. The zero-order valence-electron chi connectivity index (χ0n) is 12.9. The van der Waals surface area contributed by atoms with Gasteiger partial charge >= 0.3 is 0 Å². The maximum atomic E-state index is 3.76. The molecule has 0 aromatic heterocycles. The average molecular weight is 241 g/mol. The van der Waals surface area contributed by atoms with E-state index < -0.39 is 0 Å². The Balaban J connectivity index is 2.88. The van der Waals surface area contributed by atoms with Crippen molar-refractivity contribution in [2.75, 3.05) is 7.05 Å². The molecule has 0 aliphatic carbocycles. The fourth-order valence-corrected chi connectivity index (χ4v) is 3.10. The Morgan fingerprint density at radius 3 is 1.88 bits per heavy atom. The lowest BCUT2D eigenvalue weighted by molar-refractivity contribution is -0.0440. The summed E-state index contributed by atoms with van der Waals surface area (Å²) in [6.45, 7) is 16.1. The molecule has 4 atom stereocenters. The van der Waals surface area contributed by atoms with Crippen LogP contribution in [0.15, 0.2) is 0 Å². The van der Waals surface area contributed by atoms with E-state index in [1.807, 2.05) is 0 Å². The largest absolute Gasteiger partial charge is 0.288 e. The third-order valence-corrected chi connectivity index (χ3v) is 4.44. The van der Waals surface area contributed by atoms with E-state index in [-0.39, 0.29) is 0 Å². The summed E-state index contributed by atoms with van der Waals surface area (Å²) in [7, 11) is 2.21. The Kier molecular flexibility index (Phi) is 4.99. The van der Waals surface area contributed by atoms with Crippen molar-refractivity contribution in [3.8, 4) is 0 Å². The molecule has 1 rings (SSSR count). The first-order valence-corrected chi connectivity index (χ1v) is 7.02. The van der Waals surface area contributed by atoms with Gasteiger partial charge in [0.15, 0.2) is 0 Å². The van der Waals surface area contributed by atoms with E-state index in [1.54, 1.807) is 0 Å². The highest BCUT2D eigenvalue weighted by atomic mass is 15.4. The molecule has 0 amide bonds. The van der Waals surface area contributed by atoms with Crippen molar-refractivity contribution in [1.82, 2.24) is 15.1 Å². The lowest BCUT2D eigenvalue weighted by Gasteiger charge is -2.51. The quantitative estimate of drug-likeness (QED) is 0.818. The fourth-order valence-electron chi connectivity index (χ4n) is 3.10. The molecular formula is C14H31N3. The number of hydrogen-bond donors (Lipinski definition) is 1. The Hall–Kier alpha value is -0.120. The van der Waals surface area contributed by atoms with Gasteiger partial charge in [-0.25, -0.2) is 0 Å². The van der Waals surface area contributed by atoms with Gasteiger partial charge in [-0.05, 0) is 48.6 Å². The van der Waals surface area contributed by atoms with Crippen LogP contribution in [0.2, 0.25) is 0 Å². The van der Waals surface area contributed by atoms with Gasteiger partial charge in [0, 0.05) is 24.0 Å². The van der Waals surface area contributed by atoms with Crippen LogP contribution in [0.5, 0.6) is 0 Å². The minimum absolute atomic E-state index is 0.450. The van der Waals surface area contributed by atoms with Crippen LogP contribution in [0.4, 0.5) is 0 Å². The van der Waals surface area contributed by atoms with E-state index in [9.17, 15) is 0 Å². The zero-order chi connectivity index (χ0) is 13.3. The minimum Gasteiger partial charge on any atom is -0.288 e. The molecule has 102 valence electrons. The van der Waals surface area contributed by atoms with Crippen molar-refractivity contribution in [3.05, 3.63) is 0 Å². The number of hydrogen-bond acceptors (Lipinski definition) is 3. The summed E-state index contributed by atoms with van der Waals surface area (Å²) < 4.78 is 0. The molecule has 3 heteroatoms. The molecule has 1 heterocycles. The number of nitrogens with zero attached hydrogens (tertiary/aromatic N) is 2. The Labute approximate surface area is 108 Å². The van der Waals surface area contributed by atoms with Gasteiger partial charge in [0.25, 0.3) is 0 Å².